The molecule has 0 atom stereocenters. The van der Waals surface area contributed by atoms with Gasteiger partial charge >= 0.3 is 0 Å². The van der Waals surface area contributed by atoms with Crippen molar-refractivity contribution in [2.75, 3.05) is 0 Å². The van der Waals surface area contributed by atoms with Crippen LogP contribution in [0, 0.1) is 0 Å². The van der Waals surface area contributed by atoms with Crippen LogP contribution in [0.3, 0.4) is 0 Å². The van der Waals surface area contributed by atoms with E-state index >= 15 is 0 Å². The summed E-state index contributed by atoms with van der Waals surface area (Å²) in [6.45, 7) is -0.802. The van der Waals surface area contributed by atoms with Gasteiger partial charge in [-0.2, -0.15) is 0 Å². The predicted octanol–water partition coefficient (Wildman–Crippen LogP) is 3.14. The SMILES string of the molecule is FCc1ccc(C(F)F)c(Cl)n1. The smallest absolute Gasteiger partial charge is 0.244 e. The molecule has 1 heterocycles. The quantitative estimate of drug-likeness (QED) is 0.661. The molecule has 0 N–H and O–H groups in total. The average molecular weight is 196 g/mol. The van der Waals surface area contributed by atoms with Crippen LogP contribution in [0.5, 0.6) is 0 Å². The van der Waals surface area contributed by atoms with Crippen LogP contribution < -0.4 is 0 Å². The molecule has 0 fully saturated rings. The van der Waals surface area contributed by atoms with Gasteiger partial charge < -0.3 is 0 Å². The summed E-state index contributed by atoms with van der Waals surface area (Å²) in [7, 11) is 0. The third kappa shape index (κ3) is 1.88. The highest BCUT2D eigenvalue weighted by molar-refractivity contribution is 6.30. The van der Waals surface area contributed by atoms with Crippen molar-refractivity contribution in [2.24, 2.45) is 0 Å². The molecular weight excluding hydrogens is 191 g/mol. The van der Waals surface area contributed by atoms with Gasteiger partial charge in [-0.05, 0) is 12.1 Å². The molecule has 1 nitrogen and oxygen atoms in total. The van der Waals surface area contributed by atoms with Gasteiger partial charge in [0, 0.05) is 0 Å². The van der Waals surface area contributed by atoms with E-state index in [1.807, 2.05) is 0 Å². The van der Waals surface area contributed by atoms with E-state index in [0.29, 0.717) is 0 Å². The van der Waals surface area contributed by atoms with Gasteiger partial charge in [-0.3, -0.25) is 0 Å². The Bertz CT molecular complexity index is 277. The lowest BCUT2D eigenvalue weighted by atomic mass is 10.2. The second-order valence-corrected chi connectivity index (χ2v) is 2.47. The second kappa shape index (κ2) is 3.76. The Hall–Kier alpha value is -0.770. The van der Waals surface area contributed by atoms with Gasteiger partial charge in [0.2, 0.25) is 0 Å². The minimum Gasteiger partial charge on any atom is -0.244 e. The molecule has 5 heteroatoms. The molecule has 0 saturated carbocycles. The summed E-state index contributed by atoms with van der Waals surface area (Å²) in [6, 6.07) is 2.27. The topological polar surface area (TPSA) is 12.9 Å². The van der Waals surface area contributed by atoms with Crippen LogP contribution in [0.4, 0.5) is 13.2 Å². The van der Waals surface area contributed by atoms with Gasteiger partial charge in [0.25, 0.3) is 6.43 Å². The highest BCUT2D eigenvalue weighted by Gasteiger charge is 2.12. The molecule has 0 saturated heterocycles. The van der Waals surface area contributed by atoms with Crippen molar-refractivity contribution in [3.63, 3.8) is 0 Å². The lowest BCUT2D eigenvalue weighted by molar-refractivity contribution is 0.151. The molecule has 0 aliphatic carbocycles. The van der Waals surface area contributed by atoms with Crippen molar-refractivity contribution < 1.29 is 13.2 Å². The Kier molecular flexibility index (Phi) is 2.92. The van der Waals surface area contributed by atoms with Gasteiger partial charge in [-0.25, -0.2) is 18.2 Å². The molecule has 1 aromatic heterocycles. The van der Waals surface area contributed by atoms with Gasteiger partial charge in [0.1, 0.15) is 11.8 Å². The molecular formula is C7H5ClF3N. The van der Waals surface area contributed by atoms with Crippen LogP contribution in [-0.4, -0.2) is 4.98 Å². The first-order valence-corrected chi connectivity index (χ1v) is 3.52. The molecule has 0 aliphatic heterocycles. The van der Waals surface area contributed by atoms with Gasteiger partial charge in [-0.1, -0.05) is 11.6 Å². The van der Waals surface area contributed by atoms with Crippen molar-refractivity contribution in [3.05, 3.63) is 28.5 Å². The Morgan fingerprint density at radius 1 is 1.42 bits per heavy atom. The summed E-state index contributed by atoms with van der Waals surface area (Å²) in [4.78, 5) is 3.42. The molecule has 0 spiro atoms. The molecule has 1 rings (SSSR count). The van der Waals surface area contributed by atoms with E-state index in [1.54, 1.807) is 0 Å². The monoisotopic (exact) mass is 195 g/mol. The number of aromatic nitrogens is 1. The zero-order valence-corrected chi connectivity index (χ0v) is 6.65. The zero-order valence-electron chi connectivity index (χ0n) is 5.90. The van der Waals surface area contributed by atoms with E-state index in [1.165, 1.54) is 6.07 Å². The van der Waals surface area contributed by atoms with E-state index in [9.17, 15) is 13.2 Å². The molecule has 12 heavy (non-hydrogen) atoms. The fourth-order valence-electron chi connectivity index (χ4n) is 0.720. The highest BCUT2D eigenvalue weighted by Crippen LogP contribution is 2.25. The number of halogens is 4. The predicted molar refractivity (Wildman–Crippen MR) is 39.0 cm³/mol. The minimum absolute atomic E-state index is 0.0596. The van der Waals surface area contributed by atoms with Crippen molar-refractivity contribution in [3.8, 4) is 0 Å². The summed E-state index contributed by atoms with van der Waals surface area (Å²) in [5.74, 6) is 0. The highest BCUT2D eigenvalue weighted by atomic mass is 35.5. The fraction of sp³-hybridized carbons (Fsp3) is 0.286. The maximum Gasteiger partial charge on any atom is 0.266 e. The van der Waals surface area contributed by atoms with Gasteiger partial charge in [0.15, 0.2) is 0 Å². The Labute approximate surface area is 72.2 Å². The standard InChI is InChI=1S/C7H5ClF3N/c8-6-5(7(10)11)2-1-4(3-9)12-6/h1-2,7H,3H2. The summed E-state index contributed by atoms with van der Waals surface area (Å²) in [6.07, 6.45) is -2.67. The number of hydrogen-bond donors (Lipinski definition) is 0. The molecule has 0 bridgehead atoms. The number of pyridine rings is 1. The molecule has 0 amide bonds. The lowest BCUT2D eigenvalue weighted by Crippen LogP contribution is -1.92. The third-order valence-corrected chi connectivity index (χ3v) is 1.61. The van der Waals surface area contributed by atoms with Crippen molar-refractivity contribution in [2.45, 2.75) is 13.1 Å². The summed E-state index contributed by atoms with van der Waals surface area (Å²) in [5.41, 5.74) is -0.307. The maximum atomic E-state index is 12.0. The Balaban J connectivity index is 3.03. The number of hydrogen-bond acceptors (Lipinski definition) is 1. The minimum atomic E-state index is -2.67. The first-order chi connectivity index (χ1) is 5.65. The van der Waals surface area contributed by atoms with E-state index in [-0.39, 0.29) is 16.4 Å². The first kappa shape index (κ1) is 9.32. The van der Waals surface area contributed by atoms with Crippen LogP contribution in [0.2, 0.25) is 5.15 Å². The number of alkyl halides is 3. The van der Waals surface area contributed by atoms with Crippen molar-refractivity contribution in [1.29, 1.82) is 0 Å². The Morgan fingerprint density at radius 3 is 2.50 bits per heavy atom. The number of nitrogens with zero attached hydrogens (tertiary/aromatic N) is 1. The molecule has 0 aromatic carbocycles. The van der Waals surface area contributed by atoms with E-state index < -0.39 is 13.1 Å². The number of rotatable bonds is 2. The fourth-order valence-corrected chi connectivity index (χ4v) is 0.974. The summed E-state index contributed by atoms with van der Waals surface area (Å²) in [5, 5.41) is -0.333. The van der Waals surface area contributed by atoms with Crippen LogP contribution in [-0.2, 0) is 6.67 Å². The molecule has 0 radical (unpaired) electrons. The van der Waals surface area contributed by atoms with Crippen molar-refractivity contribution in [1.82, 2.24) is 4.98 Å². The van der Waals surface area contributed by atoms with Crippen LogP contribution >= 0.6 is 11.6 Å². The zero-order chi connectivity index (χ0) is 9.14. The van der Waals surface area contributed by atoms with Gasteiger partial charge in [0.05, 0.1) is 11.3 Å². The normalized spacial score (nSPS) is 10.8. The summed E-state index contributed by atoms with van der Waals surface area (Å²) >= 11 is 5.35. The van der Waals surface area contributed by atoms with Crippen LogP contribution in [0.1, 0.15) is 17.7 Å². The molecule has 0 aliphatic rings. The lowest BCUT2D eigenvalue weighted by Gasteiger charge is -2.02. The van der Waals surface area contributed by atoms with E-state index in [2.05, 4.69) is 4.98 Å². The van der Waals surface area contributed by atoms with E-state index in [0.717, 1.165) is 6.07 Å². The third-order valence-electron chi connectivity index (χ3n) is 1.31. The molecule has 1 aromatic rings. The second-order valence-electron chi connectivity index (χ2n) is 2.12. The van der Waals surface area contributed by atoms with Crippen LogP contribution in [0.15, 0.2) is 12.1 Å². The van der Waals surface area contributed by atoms with Crippen molar-refractivity contribution >= 4 is 11.6 Å². The maximum absolute atomic E-state index is 12.0. The van der Waals surface area contributed by atoms with E-state index in [4.69, 9.17) is 11.6 Å². The van der Waals surface area contributed by atoms with Gasteiger partial charge in [-0.15, -0.1) is 0 Å². The largest absolute Gasteiger partial charge is 0.266 e. The first-order valence-electron chi connectivity index (χ1n) is 3.14. The van der Waals surface area contributed by atoms with Crippen LogP contribution in [0.25, 0.3) is 0 Å². The average Bonchev–Trinajstić information content (AvgIpc) is 2.03. The summed E-state index contributed by atoms with van der Waals surface area (Å²) < 4.78 is 36.0. The molecule has 0 unspecified atom stereocenters. The Morgan fingerprint density at radius 2 is 2.08 bits per heavy atom. The molecule has 66 valence electrons.